The molecule has 2 rings (SSSR count). The second-order valence-corrected chi connectivity index (χ2v) is 4.30. The van der Waals surface area contributed by atoms with Gasteiger partial charge in [-0.05, 0) is 25.8 Å². The van der Waals surface area contributed by atoms with Crippen molar-refractivity contribution >= 4 is 5.96 Å². The van der Waals surface area contributed by atoms with E-state index in [1.165, 1.54) is 19.4 Å². The minimum absolute atomic E-state index is 0.873. The van der Waals surface area contributed by atoms with E-state index in [1.807, 2.05) is 0 Å². The fraction of sp³-hybridized carbons (Fsp3) is 0.909. The number of hydrogen-bond donors (Lipinski definition) is 2. The van der Waals surface area contributed by atoms with Crippen molar-refractivity contribution < 1.29 is 0 Å². The molecule has 0 amide bonds. The van der Waals surface area contributed by atoms with Gasteiger partial charge in [-0.1, -0.05) is 6.92 Å². The second-order valence-electron chi connectivity index (χ2n) is 4.30. The molecule has 2 aliphatic rings. The Bertz CT molecular complexity index is 223. The molecule has 1 heterocycles. The lowest BCUT2D eigenvalue weighted by atomic mass is 10.4. The number of hydrogen-bond acceptors (Lipinski definition) is 4. The number of nitrogens with zero attached hydrogens (tertiary/aromatic N) is 2. The minimum atomic E-state index is 0.873. The Kier molecular flexibility index (Phi) is 3.83. The van der Waals surface area contributed by atoms with Crippen molar-refractivity contribution in [2.24, 2.45) is 4.99 Å². The smallest absolute Gasteiger partial charge is 0.191 e. The molecule has 1 fully saturated rings. The number of likely N-dealkylation sites (N-methyl/N-ethyl adjacent to an activating group) is 1. The summed E-state index contributed by atoms with van der Waals surface area (Å²) in [5.41, 5.74) is 0. The quantitative estimate of drug-likeness (QED) is 0.690. The molecular weight excluding hydrogens is 188 g/mol. The summed E-state index contributed by atoms with van der Waals surface area (Å²) in [6, 6.07) is 0.873. The van der Waals surface area contributed by atoms with Crippen molar-refractivity contribution in [3.05, 3.63) is 0 Å². The molecule has 0 spiro atoms. The van der Waals surface area contributed by atoms with Gasteiger partial charge in [-0.3, -0.25) is 9.89 Å². The van der Waals surface area contributed by atoms with E-state index < -0.39 is 0 Å². The molecule has 1 aliphatic heterocycles. The van der Waals surface area contributed by atoms with Gasteiger partial charge in [0, 0.05) is 32.2 Å². The van der Waals surface area contributed by atoms with E-state index in [1.54, 1.807) is 0 Å². The molecule has 1 saturated carbocycles. The van der Waals surface area contributed by atoms with Crippen molar-refractivity contribution in [2.45, 2.75) is 32.2 Å². The van der Waals surface area contributed by atoms with Crippen LogP contribution in [-0.2, 0) is 0 Å². The first kappa shape index (κ1) is 10.7. The zero-order valence-electron chi connectivity index (χ0n) is 9.63. The lowest BCUT2D eigenvalue weighted by Gasteiger charge is -2.21. The third-order valence-electron chi connectivity index (χ3n) is 3.06. The Labute approximate surface area is 92.1 Å². The Morgan fingerprint density at radius 1 is 1.53 bits per heavy atom. The van der Waals surface area contributed by atoms with Gasteiger partial charge in [-0.15, -0.1) is 0 Å². The molecular formula is C11H22N4. The molecule has 15 heavy (non-hydrogen) atoms. The SMILES string of the molecule is CCN(CCNC1=NCCCN1)C1CC1. The van der Waals surface area contributed by atoms with Crippen LogP contribution in [0.25, 0.3) is 0 Å². The van der Waals surface area contributed by atoms with Gasteiger partial charge < -0.3 is 10.6 Å². The predicted octanol–water partition coefficient (Wildman–Crippen LogP) is 0.410. The normalized spacial score (nSPS) is 21.1. The Hall–Kier alpha value is -0.770. The van der Waals surface area contributed by atoms with Gasteiger partial charge in [0.1, 0.15) is 0 Å². The third-order valence-corrected chi connectivity index (χ3v) is 3.06. The molecule has 0 saturated heterocycles. The summed E-state index contributed by atoms with van der Waals surface area (Å²) in [5.74, 6) is 0.994. The zero-order chi connectivity index (χ0) is 10.5. The number of aliphatic imine (C=N–C) groups is 1. The fourth-order valence-corrected chi connectivity index (χ4v) is 2.01. The second kappa shape index (κ2) is 5.35. The largest absolute Gasteiger partial charge is 0.356 e. The molecule has 4 heteroatoms. The van der Waals surface area contributed by atoms with Crippen LogP contribution >= 0.6 is 0 Å². The van der Waals surface area contributed by atoms with Crippen LogP contribution in [0.4, 0.5) is 0 Å². The molecule has 0 aromatic carbocycles. The summed E-state index contributed by atoms with van der Waals surface area (Å²) in [5, 5.41) is 6.64. The third kappa shape index (κ3) is 3.38. The van der Waals surface area contributed by atoms with Crippen molar-refractivity contribution in [3.8, 4) is 0 Å². The van der Waals surface area contributed by atoms with Crippen molar-refractivity contribution in [1.29, 1.82) is 0 Å². The van der Waals surface area contributed by atoms with E-state index in [0.717, 1.165) is 44.6 Å². The van der Waals surface area contributed by atoms with Gasteiger partial charge in [0.05, 0.1) is 0 Å². The lowest BCUT2D eigenvalue weighted by Crippen LogP contribution is -2.44. The van der Waals surface area contributed by atoms with Crippen LogP contribution in [0.1, 0.15) is 26.2 Å². The van der Waals surface area contributed by atoms with Gasteiger partial charge in [-0.2, -0.15) is 0 Å². The highest BCUT2D eigenvalue weighted by Crippen LogP contribution is 2.25. The first-order valence-electron chi connectivity index (χ1n) is 6.16. The maximum atomic E-state index is 4.39. The summed E-state index contributed by atoms with van der Waals surface area (Å²) in [6.45, 7) is 7.60. The number of guanidine groups is 1. The lowest BCUT2D eigenvalue weighted by molar-refractivity contribution is 0.282. The van der Waals surface area contributed by atoms with Crippen LogP contribution < -0.4 is 10.6 Å². The van der Waals surface area contributed by atoms with E-state index in [-0.39, 0.29) is 0 Å². The fourth-order valence-electron chi connectivity index (χ4n) is 2.01. The summed E-state index contributed by atoms with van der Waals surface area (Å²) < 4.78 is 0. The molecule has 0 unspecified atom stereocenters. The van der Waals surface area contributed by atoms with Crippen LogP contribution in [0.2, 0.25) is 0 Å². The molecule has 2 N–H and O–H groups in total. The number of rotatable bonds is 5. The monoisotopic (exact) mass is 210 g/mol. The van der Waals surface area contributed by atoms with Gasteiger partial charge in [0.15, 0.2) is 5.96 Å². The highest BCUT2D eigenvalue weighted by Gasteiger charge is 2.27. The van der Waals surface area contributed by atoms with Gasteiger partial charge in [0.2, 0.25) is 0 Å². The average Bonchev–Trinajstić information content (AvgIpc) is 3.10. The molecule has 1 aliphatic carbocycles. The van der Waals surface area contributed by atoms with Crippen LogP contribution in [0, 0.1) is 0 Å². The Morgan fingerprint density at radius 2 is 2.40 bits per heavy atom. The number of nitrogens with one attached hydrogen (secondary N) is 2. The highest BCUT2D eigenvalue weighted by atomic mass is 15.2. The topological polar surface area (TPSA) is 39.7 Å². The minimum Gasteiger partial charge on any atom is -0.356 e. The molecule has 0 bridgehead atoms. The van der Waals surface area contributed by atoms with E-state index in [2.05, 4.69) is 27.4 Å². The predicted molar refractivity (Wildman–Crippen MR) is 63.2 cm³/mol. The summed E-state index contributed by atoms with van der Waals surface area (Å²) in [7, 11) is 0. The molecule has 0 radical (unpaired) electrons. The molecule has 0 aromatic rings. The first-order valence-corrected chi connectivity index (χ1v) is 6.16. The van der Waals surface area contributed by atoms with Crippen LogP contribution in [0.5, 0.6) is 0 Å². The summed E-state index contributed by atoms with van der Waals surface area (Å²) in [6.07, 6.45) is 3.95. The van der Waals surface area contributed by atoms with Gasteiger partial charge in [-0.25, -0.2) is 0 Å². The molecule has 86 valence electrons. The van der Waals surface area contributed by atoms with E-state index in [0.29, 0.717) is 0 Å². The van der Waals surface area contributed by atoms with Gasteiger partial charge >= 0.3 is 0 Å². The van der Waals surface area contributed by atoms with Gasteiger partial charge in [0.25, 0.3) is 0 Å². The van der Waals surface area contributed by atoms with Crippen molar-refractivity contribution in [3.63, 3.8) is 0 Å². The average molecular weight is 210 g/mol. The maximum Gasteiger partial charge on any atom is 0.191 e. The van der Waals surface area contributed by atoms with Crippen LogP contribution in [-0.4, -0.2) is 49.6 Å². The maximum absolute atomic E-state index is 4.39. The molecule has 4 nitrogen and oxygen atoms in total. The zero-order valence-corrected chi connectivity index (χ0v) is 9.63. The molecule has 0 atom stereocenters. The standard InChI is InChI=1S/C11H22N4/c1-2-15(10-4-5-10)9-8-14-11-12-6-3-7-13-11/h10H,2-9H2,1H3,(H2,12,13,14). The van der Waals surface area contributed by atoms with Crippen molar-refractivity contribution in [1.82, 2.24) is 15.5 Å². The van der Waals surface area contributed by atoms with Crippen LogP contribution in [0.3, 0.4) is 0 Å². The van der Waals surface area contributed by atoms with Crippen LogP contribution in [0.15, 0.2) is 4.99 Å². The van der Waals surface area contributed by atoms with E-state index in [4.69, 9.17) is 0 Å². The van der Waals surface area contributed by atoms with E-state index in [9.17, 15) is 0 Å². The first-order chi connectivity index (χ1) is 7.40. The summed E-state index contributed by atoms with van der Waals surface area (Å²) >= 11 is 0. The molecule has 0 aromatic heterocycles. The highest BCUT2D eigenvalue weighted by molar-refractivity contribution is 5.80. The Balaban J connectivity index is 1.62. The van der Waals surface area contributed by atoms with E-state index >= 15 is 0 Å². The summed E-state index contributed by atoms with van der Waals surface area (Å²) in [4.78, 5) is 6.94. The Morgan fingerprint density at radius 3 is 3.00 bits per heavy atom. The van der Waals surface area contributed by atoms with Crippen molar-refractivity contribution in [2.75, 3.05) is 32.7 Å².